The Balaban J connectivity index is 2.22. The number of thioether (sulfide) groups is 1. The Labute approximate surface area is 113 Å². The minimum Gasteiger partial charge on any atom is -0.387 e. The van der Waals surface area contributed by atoms with E-state index in [0.29, 0.717) is 17.3 Å². The van der Waals surface area contributed by atoms with E-state index in [1.54, 1.807) is 11.3 Å². The zero-order chi connectivity index (χ0) is 12.9. The molecule has 0 unspecified atom stereocenters. The highest BCUT2D eigenvalue weighted by Crippen LogP contribution is 2.23. The lowest BCUT2D eigenvalue weighted by atomic mass is 10.2. The van der Waals surface area contributed by atoms with Crippen molar-refractivity contribution in [2.24, 2.45) is 0 Å². The predicted molar refractivity (Wildman–Crippen MR) is 79.0 cm³/mol. The van der Waals surface area contributed by atoms with Crippen LogP contribution in [-0.4, -0.2) is 28.2 Å². The van der Waals surface area contributed by atoms with Crippen molar-refractivity contribution >= 4 is 23.1 Å². The number of hydrogen-bond acceptors (Lipinski definition) is 4. The number of hydrogen-bond donors (Lipinski definition) is 2. The van der Waals surface area contributed by atoms with Gasteiger partial charge < -0.3 is 10.4 Å². The third-order valence-corrected chi connectivity index (χ3v) is 4.59. The summed E-state index contributed by atoms with van der Waals surface area (Å²) in [5.41, 5.74) is 1.01. The maximum Gasteiger partial charge on any atom is 0.0922 e. The summed E-state index contributed by atoms with van der Waals surface area (Å²) in [6.45, 7) is 9.47. The third kappa shape index (κ3) is 6.46. The Bertz CT molecular complexity index is 306. The highest BCUT2D eigenvalue weighted by molar-refractivity contribution is 8.00. The quantitative estimate of drug-likeness (QED) is 0.834. The molecule has 0 radical (unpaired) electrons. The van der Waals surface area contributed by atoms with Gasteiger partial charge in [-0.3, -0.25) is 0 Å². The van der Waals surface area contributed by atoms with Crippen molar-refractivity contribution in [3.8, 4) is 0 Å². The summed E-state index contributed by atoms with van der Waals surface area (Å²) >= 11 is 3.57. The first kappa shape index (κ1) is 15.0. The van der Waals surface area contributed by atoms with E-state index in [9.17, 15) is 5.11 Å². The number of nitrogens with one attached hydrogen (secondary N) is 1. The number of aliphatic hydroxyl groups excluding tert-OH is 1. The van der Waals surface area contributed by atoms with Gasteiger partial charge in [-0.25, -0.2) is 0 Å². The molecule has 1 aromatic heterocycles. The van der Waals surface area contributed by atoms with Crippen LogP contribution in [0.1, 0.15) is 39.4 Å². The molecule has 0 amide bonds. The van der Waals surface area contributed by atoms with Crippen LogP contribution in [0.5, 0.6) is 0 Å². The molecule has 4 heteroatoms. The van der Waals surface area contributed by atoms with Crippen molar-refractivity contribution in [3.05, 3.63) is 22.4 Å². The van der Waals surface area contributed by atoms with Crippen LogP contribution in [0.4, 0.5) is 0 Å². The van der Waals surface area contributed by atoms with Gasteiger partial charge in [-0.15, -0.1) is 0 Å². The molecule has 0 aromatic carbocycles. The molecule has 0 saturated heterocycles. The SMILES string of the molecule is C[C@@H](CSC(C)(C)C)NC[C@@H](O)c1ccsc1. The van der Waals surface area contributed by atoms with Gasteiger partial charge in [0.15, 0.2) is 0 Å². The molecule has 0 aliphatic heterocycles. The summed E-state index contributed by atoms with van der Waals surface area (Å²) in [6.07, 6.45) is -0.386. The zero-order valence-corrected chi connectivity index (χ0v) is 12.7. The van der Waals surface area contributed by atoms with Crippen LogP contribution in [0, 0.1) is 0 Å². The van der Waals surface area contributed by atoms with Crippen molar-refractivity contribution in [1.82, 2.24) is 5.32 Å². The van der Waals surface area contributed by atoms with Gasteiger partial charge in [0.25, 0.3) is 0 Å². The molecule has 0 aliphatic rings. The summed E-state index contributed by atoms with van der Waals surface area (Å²) in [6, 6.07) is 2.40. The summed E-state index contributed by atoms with van der Waals surface area (Å²) in [5.74, 6) is 1.07. The van der Waals surface area contributed by atoms with E-state index in [1.807, 2.05) is 28.6 Å². The fraction of sp³-hybridized carbons (Fsp3) is 0.692. The maximum absolute atomic E-state index is 9.92. The fourth-order valence-corrected chi connectivity index (χ4v) is 2.90. The van der Waals surface area contributed by atoms with Gasteiger partial charge in [-0.2, -0.15) is 23.1 Å². The van der Waals surface area contributed by atoms with Crippen LogP contribution in [0.25, 0.3) is 0 Å². The Morgan fingerprint density at radius 1 is 1.47 bits per heavy atom. The highest BCUT2D eigenvalue weighted by atomic mass is 32.2. The van der Waals surface area contributed by atoms with Crippen molar-refractivity contribution in [2.45, 2.75) is 44.6 Å². The average Bonchev–Trinajstić information content (AvgIpc) is 2.75. The van der Waals surface area contributed by atoms with Crippen LogP contribution < -0.4 is 5.32 Å². The monoisotopic (exact) mass is 273 g/mol. The minimum absolute atomic E-state index is 0.307. The van der Waals surface area contributed by atoms with Crippen LogP contribution in [0.15, 0.2) is 16.8 Å². The van der Waals surface area contributed by atoms with Crippen LogP contribution in [0.2, 0.25) is 0 Å². The van der Waals surface area contributed by atoms with E-state index in [0.717, 1.165) is 11.3 Å². The van der Waals surface area contributed by atoms with E-state index in [-0.39, 0.29) is 6.10 Å². The van der Waals surface area contributed by atoms with E-state index in [4.69, 9.17) is 0 Å². The Kier molecular flexibility index (Phi) is 6.00. The molecule has 2 nitrogen and oxygen atoms in total. The summed E-state index contributed by atoms with van der Waals surface area (Å²) in [5, 5.41) is 17.3. The Hall–Kier alpha value is -0.0300. The summed E-state index contributed by atoms with van der Waals surface area (Å²) < 4.78 is 0.307. The van der Waals surface area contributed by atoms with Gasteiger partial charge in [-0.1, -0.05) is 20.8 Å². The number of aliphatic hydroxyl groups is 1. The van der Waals surface area contributed by atoms with Gasteiger partial charge in [0.05, 0.1) is 6.10 Å². The van der Waals surface area contributed by atoms with Crippen LogP contribution in [0.3, 0.4) is 0 Å². The summed E-state index contributed by atoms with van der Waals surface area (Å²) in [4.78, 5) is 0. The smallest absolute Gasteiger partial charge is 0.0922 e. The second kappa shape index (κ2) is 6.78. The largest absolute Gasteiger partial charge is 0.387 e. The van der Waals surface area contributed by atoms with E-state index in [2.05, 4.69) is 33.0 Å². The molecule has 1 aromatic rings. The molecule has 0 saturated carbocycles. The second-order valence-corrected chi connectivity index (χ2v) is 7.93. The minimum atomic E-state index is -0.386. The van der Waals surface area contributed by atoms with Gasteiger partial charge in [-0.05, 0) is 29.3 Å². The lowest BCUT2D eigenvalue weighted by Crippen LogP contribution is -2.33. The molecule has 2 atom stereocenters. The average molecular weight is 273 g/mol. The molecule has 0 bridgehead atoms. The Morgan fingerprint density at radius 3 is 2.71 bits per heavy atom. The first-order valence-electron chi connectivity index (χ1n) is 5.96. The standard InChI is InChI=1S/C13H23NOS2/c1-10(8-17-13(2,3)4)14-7-12(15)11-5-6-16-9-11/h5-6,9-10,12,14-15H,7-8H2,1-4H3/t10-,12+/m0/s1. The number of rotatable bonds is 6. The molecule has 98 valence electrons. The van der Waals surface area contributed by atoms with Crippen molar-refractivity contribution in [3.63, 3.8) is 0 Å². The first-order chi connectivity index (χ1) is 7.88. The van der Waals surface area contributed by atoms with Crippen molar-refractivity contribution in [2.75, 3.05) is 12.3 Å². The molecular formula is C13H23NOS2. The molecule has 1 heterocycles. The highest BCUT2D eigenvalue weighted by Gasteiger charge is 2.14. The number of thiophene rings is 1. The van der Waals surface area contributed by atoms with Gasteiger partial charge in [0.2, 0.25) is 0 Å². The predicted octanol–water partition coefficient (Wildman–Crippen LogP) is 3.29. The third-order valence-electron chi connectivity index (χ3n) is 2.35. The van der Waals surface area contributed by atoms with E-state index < -0.39 is 0 Å². The zero-order valence-electron chi connectivity index (χ0n) is 11.1. The topological polar surface area (TPSA) is 32.3 Å². The van der Waals surface area contributed by atoms with Gasteiger partial charge in [0.1, 0.15) is 0 Å². The molecule has 17 heavy (non-hydrogen) atoms. The molecule has 2 N–H and O–H groups in total. The molecule has 1 rings (SSSR count). The van der Waals surface area contributed by atoms with Crippen molar-refractivity contribution < 1.29 is 5.11 Å². The summed E-state index contributed by atoms with van der Waals surface area (Å²) in [7, 11) is 0. The van der Waals surface area contributed by atoms with Crippen molar-refractivity contribution in [1.29, 1.82) is 0 Å². The maximum atomic E-state index is 9.92. The fourth-order valence-electron chi connectivity index (χ4n) is 1.33. The molecular weight excluding hydrogens is 250 g/mol. The van der Waals surface area contributed by atoms with E-state index in [1.165, 1.54) is 0 Å². The normalized spacial score (nSPS) is 15.8. The van der Waals surface area contributed by atoms with E-state index >= 15 is 0 Å². The van der Waals surface area contributed by atoms with Crippen LogP contribution >= 0.6 is 23.1 Å². The lowest BCUT2D eigenvalue weighted by Gasteiger charge is -2.22. The Morgan fingerprint density at radius 2 is 2.18 bits per heavy atom. The molecule has 0 fully saturated rings. The second-order valence-electron chi connectivity index (χ2n) is 5.31. The molecule has 0 spiro atoms. The van der Waals surface area contributed by atoms with Gasteiger partial charge in [0, 0.05) is 23.1 Å². The van der Waals surface area contributed by atoms with Crippen LogP contribution in [-0.2, 0) is 0 Å². The van der Waals surface area contributed by atoms with Gasteiger partial charge >= 0.3 is 0 Å². The first-order valence-corrected chi connectivity index (χ1v) is 7.89. The molecule has 0 aliphatic carbocycles. The lowest BCUT2D eigenvalue weighted by molar-refractivity contribution is 0.172.